The third-order valence-corrected chi connectivity index (χ3v) is 7.26. The molecule has 0 saturated carbocycles. The number of hydrogen-bond acceptors (Lipinski definition) is 5. The average Bonchev–Trinajstić information content (AvgIpc) is 2.99. The fourth-order valence-electron chi connectivity index (χ4n) is 3.77. The summed E-state index contributed by atoms with van der Waals surface area (Å²) in [5.41, 5.74) is 2.47. The van der Waals surface area contributed by atoms with E-state index < -0.39 is 9.84 Å². The van der Waals surface area contributed by atoms with Crippen LogP contribution in [0.1, 0.15) is 18.4 Å². The Labute approximate surface area is 156 Å². The zero-order valence-corrected chi connectivity index (χ0v) is 16.5. The van der Waals surface area contributed by atoms with Crippen molar-refractivity contribution in [3.8, 4) is 0 Å². The molecule has 1 aromatic carbocycles. The number of hydrogen-bond donors (Lipinski definition) is 0. The normalized spacial score (nSPS) is 22.8. The van der Waals surface area contributed by atoms with Crippen molar-refractivity contribution in [1.29, 1.82) is 0 Å². The number of aryl methyl sites for hydroxylation is 1. The van der Waals surface area contributed by atoms with Crippen LogP contribution >= 0.6 is 0 Å². The van der Waals surface area contributed by atoms with Gasteiger partial charge in [0.05, 0.1) is 11.5 Å². The van der Waals surface area contributed by atoms with Crippen LogP contribution in [0.25, 0.3) is 0 Å². The first-order valence-electron chi connectivity index (χ1n) is 9.34. The SMILES string of the molecule is Cc1cccc(N2CCN(C(=O)CCN(C)C3CCS(=O)(=O)C3)CC2)c1. The van der Waals surface area contributed by atoms with Gasteiger partial charge in [-0.05, 0) is 38.1 Å². The van der Waals surface area contributed by atoms with Crippen LogP contribution in [-0.4, -0.2) is 81.4 Å². The van der Waals surface area contributed by atoms with E-state index in [1.807, 2.05) is 16.8 Å². The van der Waals surface area contributed by atoms with Gasteiger partial charge in [0.25, 0.3) is 0 Å². The van der Waals surface area contributed by atoms with Crippen LogP contribution in [0.15, 0.2) is 24.3 Å². The Morgan fingerprint density at radius 3 is 2.58 bits per heavy atom. The Balaban J connectivity index is 1.44. The van der Waals surface area contributed by atoms with Crippen molar-refractivity contribution in [2.45, 2.75) is 25.8 Å². The standard InChI is InChI=1S/C19H29N3O3S/c1-16-4-3-5-17(14-16)21-9-11-22(12-10-21)19(23)6-8-20(2)18-7-13-26(24,25)15-18/h3-5,14,18H,6-13,15H2,1-2H3. The van der Waals surface area contributed by atoms with Crippen molar-refractivity contribution in [3.05, 3.63) is 29.8 Å². The van der Waals surface area contributed by atoms with E-state index in [0.717, 1.165) is 26.2 Å². The van der Waals surface area contributed by atoms with Crippen LogP contribution in [0, 0.1) is 6.92 Å². The molecular weight excluding hydrogens is 350 g/mol. The van der Waals surface area contributed by atoms with Gasteiger partial charge in [0.2, 0.25) is 5.91 Å². The second-order valence-corrected chi connectivity index (χ2v) is 9.72. The highest BCUT2D eigenvalue weighted by Gasteiger charge is 2.31. The molecule has 1 unspecified atom stereocenters. The summed E-state index contributed by atoms with van der Waals surface area (Å²) >= 11 is 0. The van der Waals surface area contributed by atoms with E-state index in [9.17, 15) is 13.2 Å². The first-order valence-corrected chi connectivity index (χ1v) is 11.2. The monoisotopic (exact) mass is 379 g/mol. The summed E-state index contributed by atoms with van der Waals surface area (Å²) in [6.07, 6.45) is 1.14. The molecule has 0 aromatic heterocycles. The average molecular weight is 380 g/mol. The van der Waals surface area contributed by atoms with E-state index in [0.29, 0.717) is 19.4 Å². The lowest BCUT2D eigenvalue weighted by molar-refractivity contribution is -0.131. The molecular formula is C19H29N3O3S. The fourth-order valence-corrected chi connectivity index (χ4v) is 5.58. The minimum Gasteiger partial charge on any atom is -0.368 e. The lowest BCUT2D eigenvalue weighted by atomic mass is 10.2. The summed E-state index contributed by atoms with van der Waals surface area (Å²) in [6.45, 7) is 5.91. The Kier molecular flexibility index (Phi) is 5.87. The predicted molar refractivity (Wildman–Crippen MR) is 104 cm³/mol. The van der Waals surface area contributed by atoms with Gasteiger partial charge in [-0.1, -0.05) is 12.1 Å². The lowest BCUT2D eigenvalue weighted by Crippen LogP contribution is -2.49. The van der Waals surface area contributed by atoms with Gasteiger partial charge in [-0.2, -0.15) is 0 Å². The highest BCUT2D eigenvalue weighted by Crippen LogP contribution is 2.19. The van der Waals surface area contributed by atoms with Crippen molar-refractivity contribution in [2.24, 2.45) is 0 Å². The van der Waals surface area contributed by atoms with Crippen LogP contribution < -0.4 is 4.90 Å². The maximum absolute atomic E-state index is 12.5. The summed E-state index contributed by atoms with van der Waals surface area (Å²) in [5.74, 6) is 0.672. The molecule has 7 heteroatoms. The molecule has 2 saturated heterocycles. The van der Waals surface area contributed by atoms with Crippen molar-refractivity contribution in [1.82, 2.24) is 9.80 Å². The van der Waals surface area contributed by atoms with Crippen LogP contribution in [-0.2, 0) is 14.6 Å². The maximum atomic E-state index is 12.5. The van der Waals surface area contributed by atoms with Crippen LogP contribution in [0.5, 0.6) is 0 Å². The van der Waals surface area contributed by atoms with Gasteiger partial charge in [0.1, 0.15) is 0 Å². The molecule has 2 heterocycles. The molecule has 0 radical (unpaired) electrons. The zero-order valence-electron chi connectivity index (χ0n) is 15.7. The molecule has 3 rings (SSSR count). The van der Waals surface area contributed by atoms with Gasteiger partial charge in [-0.15, -0.1) is 0 Å². The molecule has 6 nitrogen and oxygen atoms in total. The molecule has 1 aromatic rings. The Morgan fingerprint density at radius 1 is 1.23 bits per heavy atom. The molecule has 26 heavy (non-hydrogen) atoms. The van der Waals surface area contributed by atoms with Crippen LogP contribution in [0.3, 0.4) is 0 Å². The molecule has 1 amide bonds. The number of piperazine rings is 1. The summed E-state index contributed by atoms with van der Waals surface area (Å²) < 4.78 is 23.2. The first-order chi connectivity index (χ1) is 12.3. The van der Waals surface area contributed by atoms with Crippen molar-refractivity contribution in [3.63, 3.8) is 0 Å². The number of rotatable bonds is 5. The van der Waals surface area contributed by atoms with E-state index in [1.54, 1.807) is 0 Å². The topological polar surface area (TPSA) is 60.9 Å². The maximum Gasteiger partial charge on any atom is 0.223 e. The quantitative estimate of drug-likeness (QED) is 0.768. The predicted octanol–water partition coefficient (Wildman–Crippen LogP) is 1.15. The van der Waals surface area contributed by atoms with Crippen LogP contribution in [0.4, 0.5) is 5.69 Å². The zero-order chi connectivity index (χ0) is 18.7. The molecule has 0 aliphatic carbocycles. The molecule has 1 atom stereocenters. The van der Waals surface area contributed by atoms with Gasteiger partial charge in [-0.3, -0.25) is 4.79 Å². The third-order valence-electron chi connectivity index (χ3n) is 5.51. The van der Waals surface area contributed by atoms with E-state index in [2.05, 4.69) is 36.1 Å². The molecule has 2 aliphatic heterocycles. The summed E-state index contributed by atoms with van der Waals surface area (Å²) in [4.78, 5) is 18.8. The summed E-state index contributed by atoms with van der Waals surface area (Å²) in [5, 5.41) is 0. The number of nitrogens with zero attached hydrogens (tertiary/aromatic N) is 3. The number of sulfone groups is 1. The minimum absolute atomic E-state index is 0.0611. The lowest BCUT2D eigenvalue weighted by Gasteiger charge is -2.36. The Hall–Kier alpha value is -1.60. The Bertz CT molecular complexity index is 742. The molecule has 0 spiro atoms. The molecule has 2 fully saturated rings. The number of carbonyl (C=O) groups excluding carboxylic acids is 1. The summed E-state index contributed by atoms with van der Waals surface area (Å²) in [7, 11) is -0.953. The van der Waals surface area contributed by atoms with E-state index >= 15 is 0 Å². The molecule has 0 N–H and O–H groups in total. The highest BCUT2D eigenvalue weighted by molar-refractivity contribution is 7.91. The van der Waals surface area contributed by atoms with Gasteiger partial charge in [0.15, 0.2) is 9.84 Å². The van der Waals surface area contributed by atoms with Gasteiger partial charge in [-0.25, -0.2) is 8.42 Å². The molecule has 2 aliphatic rings. The fraction of sp³-hybridized carbons (Fsp3) is 0.632. The minimum atomic E-state index is -2.88. The number of carbonyl (C=O) groups is 1. The number of anilines is 1. The van der Waals surface area contributed by atoms with Gasteiger partial charge >= 0.3 is 0 Å². The van der Waals surface area contributed by atoms with Crippen molar-refractivity contribution >= 4 is 21.4 Å². The number of amides is 1. The van der Waals surface area contributed by atoms with E-state index in [-0.39, 0.29) is 23.5 Å². The second kappa shape index (κ2) is 7.96. The van der Waals surface area contributed by atoms with E-state index in [4.69, 9.17) is 0 Å². The van der Waals surface area contributed by atoms with Gasteiger partial charge < -0.3 is 14.7 Å². The third kappa shape index (κ3) is 4.76. The largest absolute Gasteiger partial charge is 0.368 e. The van der Waals surface area contributed by atoms with Crippen LogP contribution in [0.2, 0.25) is 0 Å². The Morgan fingerprint density at radius 2 is 1.96 bits per heavy atom. The van der Waals surface area contributed by atoms with Gasteiger partial charge in [0, 0.05) is 50.9 Å². The number of benzene rings is 1. The molecule has 144 valence electrons. The molecule has 0 bridgehead atoms. The summed E-state index contributed by atoms with van der Waals surface area (Å²) in [6, 6.07) is 8.53. The van der Waals surface area contributed by atoms with E-state index in [1.165, 1.54) is 11.3 Å². The highest BCUT2D eigenvalue weighted by atomic mass is 32.2. The van der Waals surface area contributed by atoms with Crippen molar-refractivity contribution in [2.75, 3.05) is 56.2 Å². The second-order valence-electron chi connectivity index (χ2n) is 7.49. The first kappa shape index (κ1) is 19.2. The smallest absolute Gasteiger partial charge is 0.223 e. The van der Waals surface area contributed by atoms with Crippen molar-refractivity contribution < 1.29 is 13.2 Å².